The SMILES string of the molecule is O=CNC1(OC=O)CCCCC1. The second-order valence-corrected chi connectivity index (χ2v) is 3.03. The molecule has 0 atom stereocenters. The second kappa shape index (κ2) is 4.09. The van der Waals surface area contributed by atoms with Crippen molar-refractivity contribution in [2.24, 2.45) is 0 Å². The number of rotatable bonds is 4. The van der Waals surface area contributed by atoms with Gasteiger partial charge in [0, 0.05) is 12.8 Å². The molecular formula is C8H13NO3. The van der Waals surface area contributed by atoms with Gasteiger partial charge in [0.1, 0.15) is 0 Å². The third-order valence-electron chi connectivity index (χ3n) is 2.26. The van der Waals surface area contributed by atoms with Crippen molar-refractivity contribution in [3.8, 4) is 0 Å². The van der Waals surface area contributed by atoms with Gasteiger partial charge in [0.2, 0.25) is 6.41 Å². The molecule has 1 aliphatic carbocycles. The lowest BCUT2D eigenvalue weighted by Gasteiger charge is -2.34. The fourth-order valence-corrected chi connectivity index (χ4v) is 1.62. The van der Waals surface area contributed by atoms with Crippen LogP contribution in [0.25, 0.3) is 0 Å². The molecule has 1 saturated carbocycles. The number of ether oxygens (including phenoxy) is 1. The van der Waals surface area contributed by atoms with Crippen LogP contribution in [0.5, 0.6) is 0 Å². The van der Waals surface area contributed by atoms with Crippen molar-refractivity contribution in [2.75, 3.05) is 0 Å². The summed E-state index contributed by atoms with van der Waals surface area (Å²) in [5, 5.41) is 2.56. The Balaban J connectivity index is 2.55. The molecule has 1 rings (SSSR count). The van der Waals surface area contributed by atoms with E-state index in [1.165, 1.54) is 0 Å². The summed E-state index contributed by atoms with van der Waals surface area (Å²) in [5.41, 5.74) is -0.707. The van der Waals surface area contributed by atoms with Crippen molar-refractivity contribution in [1.82, 2.24) is 5.32 Å². The number of amides is 1. The Kier molecular flexibility index (Phi) is 3.08. The summed E-state index contributed by atoms with van der Waals surface area (Å²) in [6.45, 7) is 0.405. The second-order valence-electron chi connectivity index (χ2n) is 3.03. The molecule has 0 aromatic rings. The lowest BCUT2D eigenvalue weighted by molar-refractivity contribution is -0.153. The Morgan fingerprint density at radius 3 is 2.33 bits per heavy atom. The predicted molar refractivity (Wildman–Crippen MR) is 42.2 cm³/mol. The van der Waals surface area contributed by atoms with E-state index >= 15 is 0 Å². The first-order valence-corrected chi connectivity index (χ1v) is 4.16. The molecule has 0 aromatic heterocycles. The van der Waals surface area contributed by atoms with E-state index in [0.29, 0.717) is 12.9 Å². The zero-order valence-corrected chi connectivity index (χ0v) is 6.91. The van der Waals surface area contributed by atoms with Gasteiger partial charge >= 0.3 is 0 Å². The average Bonchev–Trinajstić information content (AvgIpc) is 2.07. The minimum absolute atomic E-state index is 0.405. The predicted octanol–water partition coefficient (Wildman–Crippen LogP) is 0.566. The molecule has 0 saturated heterocycles. The first kappa shape index (κ1) is 9.03. The van der Waals surface area contributed by atoms with E-state index in [1.807, 2.05) is 0 Å². The van der Waals surface area contributed by atoms with E-state index in [1.54, 1.807) is 0 Å². The van der Waals surface area contributed by atoms with Crippen LogP contribution in [0.4, 0.5) is 0 Å². The summed E-state index contributed by atoms with van der Waals surface area (Å²) < 4.78 is 4.89. The molecular weight excluding hydrogens is 158 g/mol. The standard InChI is InChI=1S/C8H13NO3/c10-6-9-8(12-7-11)4-2-1-3-5-8/h6-7H,1-5H2,(H,9,10). The maximum atomic E-state index is 10.2. The molecule has 0 radical (unpaired) electrons. The van der Waals surface area contributed by atoms with E-state index in [4.69, 9.17) is 4.74 Å². The molecule has 0 heterocycles. The van der Waals surface area contributed by atoms with Gasteiger partial charge in [-0.2, -0.15) is 0 Å². The molecule has 1 amide bonds. The van der Waals surface area contributed by atoms with Gasteiger partial charge in [0.15, 0.2) is 5.72 Å². The Bertz CT molecular complexity index is 152. The normalized spacial score (nSPS) is 21.0. The van der Waals surface area contributed by atoms with Gasteiger partial charge in [-0.05, 0) is 12.8 Å². The zero-order chi connectivity index (χ0) is 8.86. The highest BCUT2D eigenvalue weighted by Gasteiger charge is 2.32. The lowest BCUT2D eigenvalue weighted by Crippen LogP contribution is -2.48. The first-order chi connectivity index (χ1) is 5.83. The third-order valence-corrected chi connectivity index (χ3v) is 2.26. The molecule has 68 valence electrons. The number of carbonyl (C=O) groups is 2. The molecule has 0 unspecified atom stereocenters. The van der Waals surface area contributed by atoms with Crippen LogP contribution in [0.2, 0.25) is 0 Å². The van der Waals surface area contributed by atoms with Crippen molar-refractivity contribution >= 4 is 12.9 Å². The van der Waals surface area contributed by atoms with E-state index in [2.05, 4.69) is 5.32 Å². The quantitative estimate of drug-likeness (QED) is 0.497. The summed E-state index contributed by atoms with van der Waals surface area (Å²) in [6, 6.07) is 0. The monoisotopic (exact) mass is 171 g/mol. The van der Waals surface area contributed by atoms with Crippen LogP contribution in [0.1, 0.15) is 32.1 Å². The summed E-state index contributed by atoms with van der Waals surface area (Å²) in [6.07, 6.45) is 5.18. The molecule has 0 spiro atoms. The molecule has 0 aromatic carbocycles. The van der Waals surface area contributed by atoms with Crippen molar-refractivity contribution in [2.45, 2.75) is 37.8 Å². The van der Waals surface area contributed by atoms with Crippen LogP contribution in [-0.4, -0.2) is 18.6 Å². The number of carbonyl (C=O) groups excluding carboxylic acids is 2. The third kappa shape index (κ3) is 1.96. The minimum Gasteiger partial charge on any atom is -0.441 e. The lowest BCUT2D eigenvalue weighted by atomic mass is 9.92. The van der Waals surface area contributed by atoms with Gasteiger partial charge in [0.25, 0.3) is 6.47 Å². The largest absolute Gasteiger partial charge is 0.441 e. The van der Waals surface area contributed by atoms with Crippen LogP contribution in [0.3, 0.4) is 0 Å². The van der Waals surface area contributed by atoms with E-state index < -0.39 is 5.72 Å². The van der Waals surface area contributed by atoms with Gasteiger partial charge in [-0.3, -0.25) is 9.59 Å². The fraction of sp³-hybridized carbons (Fsp3) is 0.750. The van der Waals surface area contributed by atoms with Crippen LogP contribution in [0.15, 0.2) is 0 Å². The van der Waals surface area contributed by atoms with Crippen molar-refractivity contribution in [3.63, 3.8) is 0 Å². The van der Waals surface area contributed by atoms with Crippen LogP contribution in [-0.2, 0) is 14.3 Å². The van der Waals surface area contributed by atoms with Gasteiger partial charge in [-0.1, -0.05) is 6.42 Å². The number of hydrogen-bond donors (Lipinski definition) is 1. The zero-order valence-electron chi connectivity index (χ0n) is 6.91. The Morgan fingerprint density at radius 2 is 1.83 bits per heavy atom. The molecule has 4 nitrogen and oxygen atoms in total. The highest BCUT2D eigenvalue weighted by Crippen LogP contribution is 2.28. The van der Waals surface area contributed by atoms with Crippen LogP contribution in [0, 0.1) is 0 Å². The van der Waals surface area contributed by atoms with Crippen LogP contribution < -0.4 is 5.32 Å². The summed E-state index contributed by atoms with van der Waals surface area (Å²) in [5.74, 6) is 0. The molecule has 1 fully saturated rings. The van der Waals surface area contributed by atoms with Crippen molar-refractivity contribution in [1.29, 1.82) is 0 Å². The van der Waals surface area contributed by atoms with Gasteiger partial charge < -0.3 is 10.1 Å². The smallest absolute Gasteiger partial charge is 0.295 e. The highest BCUT2D eigenvalue weighted by atomic mass is 16.6. The van der Waals surface area contributed by atoms with Crippen molar-refractivity contribution < 1.29 is 14.3 Å². The van der Waals surface area contributed by atoms with Crippen molar-refractivity contribution in [3.05, 3.63) is 0 Å². The molecule has 12 heavy (non-hydrogen) atoms. The summed E-state index contributed by atoms with van der Waals surface area (Å²) >= 11 is 0. The molecule has 1 aliphatic rings. The molecule has 0 bridgehead atoms. The summed E-state index contributed by atoms with van der Waals surface area (Å²) in [7, 11) is 0. The number of hydrogen-bond acceptors (Lipinski definition) is 3. The van der Waals surface area contributed by atoms with Crippen LogP contribution >= 0.6 is 0 Å². The first-order valence-electron chi connectivity index (χ1n) is 4.16. The maximum Gasteiger partial charge on any atom is 0.295 e. The average molecular weight is 171 g/mol. The Morgan fingerprint density at radius 1 is 1.17 bits per heavy atom. The fourth-order valence-electron chi connectivity index (χ4n) is 1.62. The molecule has 4 heteroatoms. The Labute approximate surface area is 71.3 Å². The summed E-state index contributed by atoms with van der Waals surface area (Å²) in [4.78, 5) is 20.4. The van der Waals surface area contributed by atoms with E-state index in [-0.39, 0.29) is 0 Å². The number of nitrogens with one attached hydrogen (secondary N) is 1. The van der Waals surface area contributed by atoms with Gasteiger partial charge in [0.05, 0.1) is 0 Å². The molecule has 1 N–H and O–H groups in total. The van der Waals surface area contributed by atoms with E-state index in [9.17, 15) is 9.59 Å². The highest BCUT2D eigenvalue weighted by molar-refractivity contribution is 5.49. The minimum atomic E-state index is -0.707. The Hall–Kier alpha value is -1.06. The van der Waals surface area contributed by atoms with Gasteiger partial charge in [-0.25, -0.2) is 0 Å². The topological polar surface area (TPSA) is 55.4 Å². The molecule has 0 aliphatic heterocycles. The maximum absolute atomic E-state index is 10.2. The van der Waals surface area contributed by atoms with E-state index in [0.717, 1.165) is 32.1 Å². The van der Waals surface area contributed by atoms with Gasteiger partial charge in [-0.15, -0.1) is 0 Å².